The monoisotopic (exact) mass is 276 g/mol. The van der Waals surface area contributed by atoms with Gasteiger partial charge in [0.15, 0.2) is 5.16 Å². The molecule has 0 amide bonds. The van der Waals surface area contributed by atoms with Crippen LogP contribution in [0.5, 0.6) is 0 Å². The molecular weight excluding hydrogens is 260 g/mol. The fourth-order valence-electron chi connectivity index (χ4n) is 1.22. The number of aryl methyl sites for hydroxylation is 1. The smallest absolute Gasteiger partial charge is 0.313 e. The first-order valence-electron chi connectivity index (χ1n) is 5.18. The molecular formula is C10H16N2O3S2. The van der Waals surface area contributed by atoms with Crippen molar-refractivity contribution in [1.82, 2.24) is 9.55 Å². The summed E-state index contributed by atoms with van der Waals surface area (Å²) in [6, 6.07) is 0. The Balaban J connectivity index is 2.51. The molecule has 0 aromatic carbocycles. The van der Waals surface area contributed by atoms with Gasteiger partial charge in [-0.1, -0.05) is 18.7 Å². The van der Waals surface area contributed by atoms with E-state index in [4.69, 9.17) is 5.11 Å². The van der Waals surface area contributed by atoms with E-state index in [1.54, 1.807) is 12.5 Å². The van der Waals surface area contributed by atoms with Gasteiger partial charge >= 0.3 is 5.97 Å². The zero-order valence-corrected chi connectivity index (χ0v) is 11.5. The van der Waals surface area contributed by atoms with E-state index in [0.29, 0.717) is 11.7 Å². The molecule has 1 aromatic heterocycles. The topological polar surface area (TPSA) is 72.2 Å². The standard InChI is InChI=1S/C10H16N2O3S2/c1-8(17(2)15)3-5-12-6-4-11-10(12)16-7-9(13)14/h4,6,8H,3,5,7H2,1-2H3,(H,13,14). The summed E-state index contributed by atoms with van der Waals surface area (Å²) in [5.41, 5.74) is 0. The van der Waals surface area contributed by atoms with E-state index in [0.717, 1.165) is 6.42 Å². The lowest BCUT2D eigenvalue weighted by atomic mass is 10.3. The maximum Gasteiger partial charge on any atom is 0.313 e. The Hall–Kier alpha value is -0.820. The predicted octanol–water partition coefficient (Wildman–Crippen LogP) is 1.22. The molecule has 7 heteroatoms. The minimum absolute atomic E-state index is 0.00623. The van der Waals surface area contributed by atoms with E-state index >= 15 is 0 Å². The van der Waals surface area contributed by atoms with Crippen LogP contribution in [0.25, 0.3) is 0 Å². The molecule has 2 unspecified atom stereocenters. The van der Waals surface area contributed by atoms with Crippen LogP contribution < -0.4 is 0 Å². The number of rotatable bonds is 7. The quantitative estimate of drug-likeness (QED) is 0.758. The second kappa shape index (κ2) is 6.80. The molecule has 0 aliphatic heterocycles. The first-order chi connectivity index (χ1) is 8.00. The summed E-state index contributed by atoms with van der Waals surface area (Å²) in [7, 11) is -0.824. The second-order valence-electron chi connectivity index (χ2n) is 3.68. The summed E-state index contributed by atoms with van der Waals surface area (Å²) >= 11 is 1.20. The molecule has 0 radical (unpaired) electrons. The fraction of sp³-hybridized carbons (Fsp3) is 0.600. The molecule has 2 atom stereocenters. The zero-order valence-electron chi connectivity index (χ0n) is 9.83. The van der Waals surface area contributed by atoms with Crippen LogP contribution in [-0.2, 0) is 22.1 Å². The van der Waals surface area contributed by atoms with Gasteiger partial charge in [-0.3, -0.25) is 9.00 Å². The maximum absolute atomic E-state index is 11.2. The van der Waals surface area contributed by atoms with Crippen LogP contribution in [0.2, 0.25) is 0 Å². The predicted molar refractivity (Wildman–Crippen MR) is 68.7 cm³/mol. The van der Waals surface area contributed by atoms with Crippen LogP contribution in [0.4, 0.5) is 0 Å². The zero-order chi connectivity index (χ0) is 12.8. The minimum atomic E-state index is -0.854. The van der Waals surface area contributed by atoms with Gasteiger partial charge in [-0.15, -0.1) is 0 Å². The summed E-state index contributed by atoms with van der Waals surface area (Å²) < 4.78 is 13.1. The van der Waals surface area contributed by atoms with Crippen molar-refractivity contribution < 1.29 is 14.1 Å². The number of carboxylic acid groups (broad SMARTS) is 1. The van der Waals surface area contributed by atoms with E-state index in [9.17, 15) is 9.00 Å². The van der Waals surface area contributed by atoms with Gasteiger partial charge < -0.3 is 9.67 Å². The van der Waals surface area contributed by atoms with Crippen molar-refractivity contribution in [3.05, 3.63) is 12.4 Å². The number of aromatic nitrogens is 2. The SMILES string of the molecule is CC(CCn1ccnc1SCC(=O)O)S(C)=O. The lowest BCUT2D eigenvalue weighted by Gasteiger charge is -2.10. The number of hydrogen-bond donors (Lipinski definition) is 1. The minimum Gasteiger partial charge on any atom is -0.481 e. The van der Waals surface area contributed by atoms with Gasteiger partial charge in [0, 0.05) is 41.2 Å². The Kier molecular flexibility index (Phi) is 5.70. The van der Waals surface area contributed by atoms with Gasteiger partial charge in [0.1, 0.15) is 0 Å². The molecule has 0 bridgehead atoms. The van der Waals surface area contributed by atoms with E-state index in [-0.39, 0.29) is 11.0 Å². The number of thioether (sulfide) groups is 1. The normalized spacial score (nSPS) is 14.5. The van der Waals surface area contributed by atoms with Crippen molar-refractivity contribution in [3.63, 3.8) is 0 Å². The highest BCUT2D eigenvalue weighted by Crippen LogP contribution is 2.16. The lowest BCUT2D eigenvalue weighted by molar-refractivity contribution is -0.133. The summed E-state index contributed by atoms with van der Waals surface area (Å²) in [5.74, 6) is -0.848. The average Bonchev–Trinajstić information content (AvgIpc) is 2.70. The van der Waals surface area contributed by atoms with Gasteiger partial charge in [-0.25, -0.2) is 4.98 Å². The van der Waals surface area contributed by atoms with E-state index in [1.807, 2.05) is 17.7 Å². The lowest BCUT2D eigenvalue weighted by Crippen LogP contribution is -2.13. The first kappa shape index (κ1) is 14.2. The molecule has 1 aromatic rings. The van der Waals surface area contributed by atoms with Crippen molar-refractivity contribution in [3.8, 4) is 0 Å². The number of imidazole rings is 1. The van der Waals surface area contributed by atoms with Gasteiger partial charge in [0.2, 0.25) is 0 Å². The highest BCUT2D eigenvalue weighted by molar-refractivity contribution is 7.99. The number of carboxylic acids is 1. The second-order valence-corrected chi connectivity index (χ2v) is 6.43. The third-order valence-electron chi connectivity index (χ3n) is 2.35. The van der Waals surface area contributed by atoms with E-state index < -0.39 is 16.8 Å². The molecule has 0 saturated heterocycles. The van der Waals surface area contributed by atoms with E-state index in [2.05, 4.69) is 4.98 Å². The molecule has 0 spiro atoms. The molecule has 1 rings (SSSR count). The van der Waals surface area contributed by atoms with Crippen LogP contribution in [0, 0.1) is 0 Å². The molecule has 1 N–H and O–H groups in total. The van der Waals surface area contributed by atoms with Crippen molar-refractivity contribution in [2.45, 2.75) is 30.3 Å². The molecule has 0 fully saturated rings. The van der Waals surface area contributed by atoms with Crippen LogP contribution in [0.3, 0.4) is 0 Å². The van der Waals surface area contributed by atoms with Crippen molar-refractivity contribution >= 4 is 28.5 Å². The third kappa shape index (κ3) is 4.91. The highest BCUT2D eigenvalue weighted by Gasteiger charge is 2.09. The largest absolute Gasteiger partial charge is 0.481 e. The third-order valence-corrected chi connectivity index (χ3v) is 4.70. The molecule has 17 heavy (non-hydrogen) atoms. The Morgan fingerprint density at radius 2 is 2.41 bits per heavy atom. The number of hydrogen-bond acceptors (Lipinski definition) is 4. The van der Waals surface area contributed by atoms with E-state index in [1.165, 1.54) is 11.8 Å². The number of nitrogens with zero attached hydrogens (tertiary/aromatic N) is 2. The van der Waals surface area contributed by atoms with Crippen LogP contribution >= 0.6 is 11.8 Å². The van der Waals surface area contributed by atoms with Gasteiger partial charge in [0.05, 0.1) is 5.75 Å². The Morgan fingerprint density at radius 1 is 1.71 bits per heavy atom. The van der Waals surface area contributed by atoms with Crippen molar-refractivity contribution in [2.24, 2.45) is 0 Å². The highest BCUT2D eigenvalue weighted by atomic mass is 32.2. The maximum atomic E-state index is 11.2. The fourth-order valence-corrected chi connectivity index (χ4v) is 2.36. The summed E-state index contributed by atoms with van der Waals surface area (Å²) in [5, 5.41) is 9.43. The number of aliphatic carboxylic acids is 1. The molecule has 0 aliphatic carbocycles. The summed E-state index contributed by atoms with van der Waals surface area (Å²) in [6.07, 6.45) is 5.95. The van der Waals surface area contributed by atoms with Crippen LogP contribution in [0.15, 0.2) is 17.6 Å². The van der Waals surface area contributed by atoms with Gasteiger partial charge in [-0.2, -0.15) is 0 Å². The van der Waals surface area contributed by atoms with Crippen LogP contribution in [0.1, 0.15) is 13.3 Å². The summed E-state index contributed by atoms with van der Waals surface area (Å²) in [6.45, 7) is 2.65. The number of carbonyl (C=O) groups is 1. The molecule has 0 aliphatic rings. The molecule has 1 heterocycles. The molecule has 96 valence electrons. The van der Waals surface area contributed by atoms with Crippen molar-refractivity contribution in [2.75, 3.05) is 12.0 Å². The Labute approximate surface area is 107 Å². The molecule has 0 saturated carbocycles. The Bertz CT molecular complexity index is 406. The average molecular weight is 276 g/mol. The first-order valence-corrected chi connectivity index (χ1v) is 7.79. The Morgan fingerprint density at radius 3 is 3.00 bits per heavy atom. The van der Waals surface area contributed by atoms with Gasteiger partial charge in [-0.05, 0) is 6.42 Å². The van der Waals surface area contributed by atoms with Crippen LogP contribution in [-0.4, -0.2) is 42.1 Å². The summed E-state index contributed by atoms with van der Waals surface area (Å²) in [4.78, 5) is 14.6. The van der Waals surface area contributed by atoms with Gasteiger partial charge in [0.25, 0.3) is 0 Å². The molecule has 5 nitrogen and oxygen atoms in total. The van der Waals surface area contributed by atoms with Crippen molar-refractivity contribution in [1.29, 1.82) is 0 Å².